The van der Waals surface area contributed by atoms with Gasteiger partial charge in [-0.25, -0.2) is 4.79 Å². The summed E-state index contributed by atoms with van der Waals surface area (Å²) >= 11 is 0. The number of carbonyl (C=O) groups excluding carboxylic acids is 1. The van der Waals surface area contributed by atoms with Crippen LogP contribution in [0.2, 0.25) is 0 Å². The fourth-order valence-electron chi connectivity index (χ4n) is 2.36. The van der Waals surface area contributed by atoms with E-state index in [2.05, 4.69) is 6.19 Å². The first kappa shape index (κ1) is 15.2. The summed E-state index contributed by atoms with van der Waals surface area (Å²) in [5.41, 5.74) is 0.526. The molecule has 0 N–H and O–H groups in total. The van der Waals surface area contributed by atoms with Crippen LogP contribution in [0.25, 0.3) is 0 Å². The predicted molar refractivity (Wildman–Crippen MR) is 79.3 cm³/mol. The Hall–Kier alpha value is -2.22. The van der Waals surface area contributed by atoms with E-state index >= 15 is 0 Å². The minimum absolute atomic E-state index is 0.113. The summed E-state index contributed by atoms with van der Waals surface area (Å²) in [6.07, 6.45) is 1.90. The lowest BCUT2D eigenvalue weighted by molar-refractivity contribution is 0.0107. The van der Waals surface area contributed by atoms with E-state index in [0.29, 0.717) is 19.6 Å². The molecule has 2 rings (SSSR count). The van der Waals surface area contributed by atoms with Gasteiger partial charge in [0.15, 0.2) is 6.19 Å². The fraction of sp³-hybridized carbons (Fsp3) is 0.500. The zero-order chi connectivity index (χ0) is 15.5. The van der Waals surface area contributed by atoms with Crippen molar-refractivity contribution in [3.8, 4) is 6.19 Å². The summed E-state index contributed by atoms with van der Waals surface area (Å²) in [7, 11) is 0. The van der Waals surface area contributed by atoms with Crippen molar-refractivity contribution in [1.29, 1.82) is 5.26 Å². The molecule has 1 atom stereocenters. The molecule has 1 amide bonds. The molecule has 0 aliphatic carbocycles. The first-order valence-electron chi connectivity index (χ1n) is 7.10. The van der Waals surface area contributed by atoms with Crippen LogP contribution in [0.4, 0.5) is 4.79 Å². The Morgan fingerprint density at radius 3 is 2.52 bits per heavy atom. The predicted octanol–water partition coefficient (Wildman–Crippen LogP) is 2.76. The summed E-state index contributed by atoms with van der Waals surface area (Å²) in [6.45, 7) is 7.05. The third kappa shape index (κ3) is 3.88. The number of hydrogen-bond donors (Lipinski definition) is 0. The molecular formula is C16H21N3O2. The van der Waals surface area contributed by atoms with Gasteiger partial charge in [0.05, 0.1) is 6.04 Å². The second-order valence-corrected chi connectivity index (χ2v) is 6.15. The zero-order valence-electron chi connectivity index (χ0n) is 12.7. The molecule has 1 heterocycles. The molecule has 0 bridgehead atoms. The molecule has 0 radical (unpaired) electrons. The van der Waals surface area contributed by atoms with Crippen LogP contribution in [-0.4, -0.2) is 41.1 Å². The van der Waals surface area contributed by atoms with Crippen molar-refractivity contribution in [2.45, 2.75) is 32.4 Å². The van der Waals surface area contributed by atoms with E-state index in [0.717, 1.165) is 5.56 Å². The van der Waals surface area contributed by atoms with Crippen LogP contribution in [0.1, 0.15) is 32.4 Å². The van der Waals surface area contributed by atoms with Crippen molar-refractivity contribution in [2.75, 3.05) is 19.6 Å². The third-order valence-electron chi connectivity index (χ3n) is 3.34. The average Bonchev–Trinajstić information content (AvgIpc) is 2.45. The smallest absolute Gasteiger partial charge is 0.410 e. The fourth-order valence-corrected chi connectivity index (χ4v) is 2.36. The minimum atomic E-state index is -0.508. The Bertz CT molecular complexity index is 531. The van der Waals surface area contributed by atoms with Gasteiger partial charge in [-0.1, -0.05) is 30.3 Å². The second-order valence-electron chi connectivity index (χ2n) is 6.15. The number of carbonyl (C=O) groups is 1. The van der Waals surface area contributed by atoms with Crippen molar-refractivity contribution in [1.82, 2.24) is 9.80 Å². The second kappa shape index (κ2) is 6.04. The van der Waals surface area contributed by atoms with E-state index in [1.54, 1.807) is 9.80 Å². The minimum Gasteiger partial charge on any atom is -0.444 e. The molecule has 0 saturated carbocycles. The first-order valence-corrected chi connectivity index (χ1v) is 7.10. The molecule has 21 heavy (non-hydrogen) atoms. The number of rotatable bonds is 1. The largest absolute Gasteiger partial charge is 0.444 e. The van der Waals surface area contributed by atoms with Crippen LogP contribution in [0.15, 0.2) is 30.3 Å². The van der Waals surface area contributed by atoms with Crippen LogP contribution < -0.4 is 0 Å². The maximum atomic E-state index is 12.2. The van der Waals surface area contributed by atoms with Gasteiger partial charge < -0.3 is 9.64 Å². The molecule has 112 valence electrons. The number of nitriles is 1. The summed E-state index contributed by atoms with van der Waals surface area (Å²) in [6, 6.07) is 9.67. The van der Waals surface area contributed by atoms with Crippen LogP contribution >= 0.6 is 0 Å². The van der Waals surface area contributed by atoms with Crippen LogP contribution in [0.3, 0.4) is 0 Å². The highest BCUT2D eigenvalue weighted by Crippen LogP contribution is 2.25. The lowest BCUT2D eigenvalue weighted by Gasteiger charge is -2.39. The lowest BCUT2D eigenvalue weighted by atomic mass is 10.0. The van der Waals surface area contributed by atoms with Crippen LogP contribution in [-0.2, 0) is 4.74 Å². The number of piperazine rings is 1. The van der Waals surface area contributed by atoms with Crippen molar-refractivity contribution in [3.63, 3.8) is 0 Å². The van der Waals surface area contributed by atoms with Gasteiger partial charge >= 0.3 is 6.09 Å². The number of hydrogen-bond acceptors (Lipinski definition) is 4. The van der Waals surface area contributed by atoms with E-state index in [4.69, 9.17) is 4.74 Å². The van der Waals surface area contributed by atoms with Gasteiger partial charge in [-0.3, -0.25) is 4.90 Å². The monoisotopic (exact) mass is 287 g/mol. The van der Waals surface area contributed by atoms with E-state index in [9.17, 15) is 10.1 Å². The molecule has 0 spiro atoms. The highest BCUT2D eigenvalue weighted by atomic mass is 16.6. The highest BCUT2D eigenvalue weighted by Gasteiger charge is 2.32. The number of amides is 1. The van der Waals surface area contributed by atoms with Crippen molar-refractivity contribution < 1.29 is 9.53 Å². The van der Waals surface area contributed by atoms with Gasteiger partial charge in [-0.2, -0.15) is 5.26 Å². The topological polar surface area (TPSA) is 56.6 Å². The zero-order valence-corrected chi connectivity index (χ0v) is 12.7. The summed E-state index contributed by atoms with van der Waals surface area (Å²) < 4.78 is 5.42. The number of benzene rings is 1. The van der Waals surface area contributed by atoms with E-state index in [-0.39, 0.29) is 12.1 Å². The summed E-state index contributed by atoms with van der Waals surface area (Å²) in [5.74, 6) is 0. The molecule has 1 aliphatic heterocycles. The average molecular weight is 287 g/mol. The molecular weight excluding hydrogens is 266 g/mol. The van der Waals surface area contributed by atoms with Gasteiger partial charge in [0.2, 0.25) is 0 Å². The Morgan fingerprint density at radius 2 is 1.95 bits per heavy atom. The maximum Gasteiger partial charge on any atom is 0.410 e. The quantitative estimate of drug-likeness (QED) is 0.745. The first-order chi connectivity index (χ1) is 9.90. The third-order valence-corrected chi connectivity index (χ3v) is 3.34. The Kier molecular flexibility index (Phi) is 4.37. The molecule has 0 aromatic heterocycles. The van der Waals surface area contributed by atoms with Crippen LogP contribution in [0, 0.1) is 11.5 Å². The van der Waals surface area contributed by atoms with E-state index < -0.39 is 5.60 Å². The Morgan fingerprint density at radius 1 is 1.29 bits per heavy atom. The number of ether oxygens (including phenoxy) is 1. The lowest BCUT2D eigenvalue weighted by Crippen LogP contribution is -2.50. The van der Waals surface area contributed by atoms with Gasteiger partial charge in [0.1, 0.15) is 5.60 Å². The summed E-state index contributed by atoms with van der Waals surface area (Å²) in [4.78, 5) is 15.6. The van der Waals surface area contributed by atoms with Crippen molar-refractivity contribution in [2.24, 2.45) is 0 Å². The number of nitrogens with zero attached hydrogens (tertiary/aromatic N) is 3. The molecule has 1 aliphatic rings. The van der Waals surface area contributed by atoms with Gasteiger partial charge in [-0.05, 0) is 26.3 Å². The Labute approximate surface area is 125 Å². The van der Waals surface area contributed by atoms with E-state index in [1.807, 2.05) is 51.1 Å². The molecule has 1 aromatic carbocycles. The van der Waals surface area contributed by atoms with Gasteiger partial charge in [0, 0.05) is 19.6 Å². The van der Waals surface area contributed by atoms with Crippen LogP contribution in [0.5, 0.6) is 0 Å². The van der Waals surface area contributed by atoms with E-state index in [1.165, 1.54) is 0 Å². The van der Waals surface area contributed by atoms with Crippen molar-refractivity contribution >= 4 is 6.09 Å². The molecule has 1 aromatic rings. The maximum absolute atomic E-state index is 12.2. The normalized spacial score (nSPS) is 19.0. The standard InChI is InChI=1S/C16H21N3O2/c1-16(2,3)21-15(20)18-9-10-19(12-17)14(11-18)13-7-5-4-6-8-13/h4-8,14H,9-11H2,1-3H3/t14-/m1/s1. The Balaban J connectivity index is 2.13. The molecule has 1 fully saturated rings. The van der Waals surface area contributed by atoms with Gasteiger partial charge in [-0.15, -0.1) is 0 Å². The molecule has 5 heteroatoms. The highest BCUT2D eigenvalue weighted by molar-refractivity contribution is 5.68. The molecule has 0 unspecified atom stereocenters. The van der Waals surface area contributed by atoms with Gasteiger partial charge in [0.25, 0.3) is 0 Å². The molecule has 1 saturated heterocycles. The SMILES string of the molecule is CC(C)(C)OC(=O)N1CCN(C#N)[C@@H](c2ccccc2)C1. The molecule has 5 nitrogen and oxygen atoms in total. The van der Waals surface area contributed by atoms with Crippen molar-refractivity contribution in [3.05, 3.63) is 35.9 Å². The summed E-state index contributed by atoms with van der Waals surface area (Å²) in [5, 5.41) is 9.28.